The summed E-state index contributed by atoms with van der Waals surface area (Å²) in [7, 11) is 9.72. The van der Waals surface area contributed by atoms with E-state index in [1.54, 1.807) is 0 Å². The van der Waals surface area contributed by atoms with Crippen LogP contribution in [0.5, 0.6) is 0 Å². The normalized spacial score (nSPS) is 38.2. The molecule has 3 fully saturated rings. The van der Waals surface area contributed by atoms with Gasteiger partial charge in [0.25, 0.3) is 0 Å². The van der Waals surface area contributed by atoms with Crippen molar-refractivity contribution in [2.75, 3.05) is 23.5 Å². The third-order valence-corrected chi connectivity index (χ3v) is 62.1. The summed E-state index contributed by atoms with van der Waals surface area (Å²) in [5, 5.41) is 0. The fourth-order valence-electron chi connectivity index (χ4n) is 1.63. The fourth-order valence-corrected chi connectivity index (χ4v) is 77.6. The van der Waals surface area contributed by atoms with Crippen molar-refractivity contribution in [1.82, 2.24) is 0 Å². The van der Waals surface area contributed by atoms with Gasteiger partial charge in [-0.15, -0.1) is 0 Å². The third-order valence-electron chi connectivity index (χ3n) is 3.05. The van der Waals surface area contributed by atoms with Gasteiger partial charge < -0.3 is 0 Å². The topological polar surface area (TPSA) is 0 Å². The van der Waals surface area contributed by atoms with E-state index in [1.807, 2.05) is 0 Å². The van der Waals surface area contributed by atoms with E-state index < -0.39 is 12.8 Å². The van der Waals surface area contributed by atoms with Crippen molar-refractivity contribution in [3.05, 3.63) is 0 Å². The number of hydrogen-bond acceptors (Lipinski definition) is 7. The maximum atomic E-state index is 2.47. The number of thioether (sulfide) groups is 3. The van der Waals surface area contributed by atoms with Crippen molar-refractivity contribution in [3.63, 3.8) is 0 Å². The van der Waals surface area contributed by atoms with Crippen LogP contribution in [0.2, 0.25) is 0 Å². The molecule has 8 heteroatoms. The molecule has 3 rings (SSSR count). The first-order valence-corrected chi connectivity index (χ1v) is 27.2. The van der Waals surface area contributed by atoms with Crippen molar-refractivity contribution >= 4 is 83.9 Å². The predicted molar refractivity (Wildman–Crippen MR) is 105 cm³/mol. The summed E-state index contributed by atoms with van der Waals surface area (Å²) in [6.07, 6.45) is 6.85. The molecule has 0 spiro atoms. The van der Waals surface area contributed by atoms with Crippen LogP contribution in [0.3, 0.4) is 0 Å². The van der Waals surface area contributed by atoms with Crippen LogP contribution in [0.25, 0.3) is 0 Å². The molecule has 0 amide bonds. The summed E-state index contributed by atoms with van der Waals surface area (Å²) in [5.41, 5.74) is 0. The zero-order valence-corrected chi connectivity index (χ0v) is 18.9. The van der Waals surface area contributed by atoms with Crippen LogP contribution < -0.4 is 0 Å². The van der Waals surface area contributed by atoms with Crippen LogP contribution in [0.1, 0.15) is 19.3 Å². The molecule has 3 unspecified atom stereocenters. The van der Waals surface area contributed by atoms with Crippen molar-refractivity contribution in [3.8, 4) is 0 Å². The summed E-state index contributed by atoms with van der Waals surface area (Å²) in [6.45, 7) is 0. The average Bonchev–Trinajstić information content (AvgIpc) is 2.22. The molecule has 3 saturated heterocycles. The summed E-state index contributed by atoms with van der Waals surface area (Å²) in [6, 6.07) is 0. The van der Waals surface area contributed by atoms with Gasteiger partial charge >= 0.3 is 140 Å². The predicted octanol–water partition coefficient (Wildman–Crippen LogP) is 5.37. The molecule has 3 heterocycles. The molecular formula is C10H18S7Sn. The van der Waals surface area contributed by atoms with Gasteiger partial charge in [-0.1, -0.05) is 0 Å². The van der Waals surface area contributed by atoms with Gasteiger partial charge in [-0.25, -0.2) is 0 Å². The fraction of sp³-hybridized carbons (Fsp3) is 1.00. The van der Waals surface area contributed by atoms with Gasteiger partial charge in [-0.2, -0.15) is 0 Å². The van der Waals surface area contributed by atoms with E-state index in [-0.39, 0.29) is 0 Å². The molecular weight excluding hydrogens is 463 g/mol. The summed E-state index contributed by atoms with van der Waals surface area (Å²) < 4.78 is 2.88. The van der Waals surface area contributed by atoms with E-state index in [1.165, 1.54) is 36.5 Å². The van der Waals surface area contributed by atoms with Gasteiger partial charge in [0, 0.05) is 0 Å². The Morgan fingerprint density at radius 2 is 1.11 bits per heavy atom. The zero-order chi connectivity index (χ0) is 12.4. The molecule has 0 bridgehead atoms. The van der Waals surface area contributed by atoms with E-state index >= 15 is 0 Å². The molecule has 3 aliphatic rings. The van der Waals surface area contributed by atoms with Gasteiger partial charge in [-0.3, -0.25) is 0 Å². The molecule has 104 valence electrons. The maximum absolute atomic E-state index is 2.47. The second-order valence-corrected chi connectivity index (χ2v) is 51.2. The van der Waals surface area contributed by atoms with E-state index in [9.17, 15) is 0 Å². The van der Waals surface area contributed by atoms with Crippen molar-refractivity contribution < 1.29 is 0 Å². The Balaban J connectivity index is 1.61. The van der Waals surface area contributed by atoms with Crippen molar-refractivity contribution in [2.45, 2.75) is 33.0 Å². The molecule has 0 aliphatic carbocycles. The first-order chi connectivity index (χ1) is 8.80. The molecule has 18 heavy (non-hydrogen) atoms. The second kappa shape index (κ2) is 7.68. The van der Waals surface area contributed by atoms with Crippen LogP contribution >= 0.6 is 71.1 Å². The Morgan fingerprint density at radius 1 is 0.778 bits per heavy atom. The van der Waals surface area contributed by atoms with Crippen molar-refractivity contribution in [1.29, 1.82) is 0 Å². The molecule has 0 nitrogen and oxygen atoms in total. The monoisotopic (exact) mass is 482 g/mol. The summed E-state index contributed by atoms with van der Waals surface area (Å²) in [5.74, 6) is 4.25. The standard InChI is InChI=1S/3C3H6S2.CH4S.Sn/c3*4-3-1-2-5-3;1-2;/h3*3-4H,1-2H2;2H,1H3;/q;;;;+4/p-4. The number of rotatable bonds is 7. The van der Waals surface area contributed by atoms with Gasteiger partial charge in [0.1, 0.15) is 0 Å². The quantitative estimate of drug-likeness (QED) is 0.443. The van der Waals surface area contributed by atoms with Gasteiger partial charge in [0.2, 0.25) is 0 Å². The molecule has 0 saturated carbocycles. The molecule has 0 aromatic carbocycles. The Bertz CT molecular complexity index is 237. The van der Waals surface area contributed by atoms with Crippen LogP contribution in [-0.4, -0.2) is 50.1 Å². The Morgan fingerprint density at radius 3 is 1.28 bits per heavy atom. The van der Waals surface area contributed by atoms with Gasteiger partial charge in [0.05, 0.1) is 0 Å². The summed E-state index contributed by atoms with van der Waals surface area (Å²) >= 11 is 4.54. The zero-order valence-electron chi connectivity index (χ0n) is 10.3. The van der Waals surface area contributed by atoms with E-state index in [0.717, 1.165) is 13.7 Å². The second-order valence-electron chi connectivity index (χ2n) is 4.32. The van der Waals surface area contributed by atoms with Gasteiger partial charge in [-0.05, 0) is 0 Å². The molecule has 0 N–H and O–H groups in total. The molecule has 0 aromatic rings. The van der Waals surface area contributed by atoms with Crippen LogP contribution in [0, 0.1) is 0 Å². The molecule has 3 atom stereocenters. The van der Waals surface area contributed by atoms with Crippen LogP contribution in [-0.2, 0) is 0 Å². The number of hydrogen-bond donors (Lipinski definition) is 0. The van der Waals surface area contributed by atoms with E-state index in [4.69, 9.17) is 0 Å². The minimum atomic E-state index is -2.10. The van der Waals surface area contributed by atoms with E-state index in [0.29, 0.717) is 0 Å². The molecule has 3 aliphatic heterocycles. The minimum absolute atomic E-state index is 0.961. The Hall–Kier alpha value is 3.25. The van der Waals surface area contributed by atoms with Crippen LogP contribution in [0.15, 0.2) is 0 Å². The SMILES string of the molecule is C[S][Sn]([S]C1CCS1)([S]C1CCS1)[S]C1CCS1. The van der Waals surface area contributed by atoms with Crippen LogP contribution in [0.4, 0.5) is 0 Å². The summed E-state index contributed by atoms with van der Waals surface area (Å²) in [4.78, 5) is 0. The van der Waals surface area contributed by atoms with Gasteiger partial charge in [0.15, 0.2) is 0 Å². The van der Waals surface area contributed by atoms with E-state index in [2.05, 4.69) is 77.3 Å². The molecule has 0 radical (unpaired) electrons. The third kappa shape index (κ3) is 4.16. The average molecular weight is 481 g/mol. The Labute approximate surface area is 138 Å². The first kappa shape index (κ1) is 16.1. The molecule has 0 aromatic heterocycles. The Kier molecular flexibility index (Phi) is 6.88. The first-order valence-electron chi connectivity index (χ1n) is 6.23. The van der Waals surface area contributed by atoms with Crippen molar-refractivity contribution in [2.24, 2.45) is 0 Å².